The van der Waals surface area contributed by atoms with Gasteiger partial charge in [-0.25, -0.2) is 0 Å². The van der Waals surface area contributed by atoms with E-state index in [1.165, 1.54) is 161 Å². The van der Waals surface area contributed by atoms with E-state index in [0.717, 1.165) is 6.42 Å². The summed E-state index contributed by atoms with van der Waals surface area (Å²) < 4.78 is 0. The first kappa shape index (κ1) is 46.1. The smallest absolute Gasteiger partial charge is 0.252 e. The lowest BCUT2D eigenvalue weighted by atomic mass is 9.33. The standard InChI is InChI=1S/C67H79BN2/c1-39-30-57-59-58(31-39)70(55-37-51-48(32-40(55)2)63(8,9)26-28-66(51,14)15)60-46-33-41-18-19-42(61(3,4)5)34-45(41)44(46)21-23-53(60)68(59)54-36-50-52(67(16,17)29-27-65(50,12)13)38-56(54)69(57)43-20-22-47-49(35-43)64(10,11)25-24-62(47,6)7/h18-23,30-32,34-38H,24-29,33H2,1-17H3. The Morgan fingerprint density at radius 1 is 0.443 bits per heavy atom. The minimum absolute atomic E-state index is 0.0644. The van der Waals surface area contributed by atoms with Crippen molar-refractivity contribution in [2.75, 3.05) is 9.80 Å². The van der Waals surface area contributed by atoms with E-state index in [-0.39, 0.29) is 44.6 Å². The van der Waals surface area contributed by atoms with Gasteiger partial charge in [0.05, 0.1) is 0 Å². The maximum Gasteiger partial charge on any atom is 0.252 e. The zero-order valence-corrected chi connectivity index (χ0v) is 46.0. The Kier molecular flexibility index (Phi) is 9.45. The molecule has 0 aromatic heterocycles. The second-order valence-corrected chi connectivity index (χ2v) is 28.3. The third-order valence-electron chi connectivity index (χ3n) is 19.6. The summed E-state index contributed by atoms with van der Waals surface area (Å²) in [6.07, 6.45) is 8.11. The number of nitrogens with zero attached hydrogens (tertiary/aromatic N) is 2. The van der Waals surface area contributed by atoms with Crippen molar-refractivity contribution in [1.82, 2.24) is 0 Å². The maximum atomic E-state index is 2.80. The van der Waals surface area contributed by atoms with Gasteiger partial charge >= 0.3 is 0 Å². The molecule has 0 radical (unpaired) electrons. The van der Waals surface area contributed by atoms with E-state index in [1.807, 2.05) is 0 Å². The number of fused-ring (bicyclic) bond motifs is 11. The van der Waals surface area contributed by atoms with Crippen LogP contribution in [0.1, 0.15) is 204 Å². The van der Waals surface area contributed by atoms with Gasteiger partial charge in [0.1, 0.15) is 0 Å². The molecule has 0 spiro atoms. The van der Waals surface area contributed by atoms with Crippen molar-refractivity contribution in [2.45, 2.75) is 201 Å². The number of hydrogen-bond donors (Lipinski definition) is 0. The van der Waals surface area contributed by atoms with Crippen molar-refractivity contribution >= 4 is 57.2 Å². The molecule has 0 bridgehead atoms. The SMILES string of the molecule is Cc1cc2c3c(c1)N(c1cc4c(cc1C)C(C)(C)CCC4(C)C)c1c(ccc4c1Cc1ccc(C(C)(C)C)cc1-4)B3c1cc3c(cc1N2c1ccc2c(c1)C(C)(C)CCC2(C)C)C(C)(C)CCC3(C)C. The highest BCUT2D eigenvalue weighted by molar-refractivity contribution is 7.00. The van der Waals surface area contributed by atoms with Crippen LogP contribution < -0.4 is 26.2 Å². The molecule has 0 fully saturated rings. The van der Waals surface area contributed by atoms with Gasteiger partial charge in [0.15, 0.2) is 0 Å². The Labute approximate surface area is 422 Å². The minimum Gasteiger partial charge on any atom is -0.311 e. The zero-order chi connectivity index (χ0) is 49.8. The molecule has 6 aromatic carbocycles. The first-order valence-electron chi connectivity index (χ1n) is 27.1. The highest BCUT2D eigenvalue weighted by atomic mass is 15.2. The van der Waals surface area contributed by atoms with Gasteiger partial charge in [-0.15, -0.1) is 0 Å². The topological polar surface area (TPSA) is 6.48 Å². The molecule has 0 amide bonds. The molecule has 6 aromatic rings. The third kappa shape index (κ3) is 6.50. The van der Waals surface area contributed by atoms with Crippen LogP contribution in [0, 0.1) is 13.8 Å². The number of aryl methyl sites for hydroxylation is 2. The van der Waals surface area contributed by atoms with Crippen LogP contribution in [-0.2, 0) is 44.3 Å². The van der Waals surface area contributed by atoms with Gasteiger partial charge in [-0.3, -0.25) is 0 Å². The summed E-state index contributed by atoms with van der Waals surface area (Å²) in [5.74, 6) is 0. The Bertz CT molecular complexity index is 3270. The van der Waals surface area contributed by atoms with Crippen LogP contribution in [0.15, 0.2) is 84.9 Å². The molecule has 2 nitrogen and oxygen atoms in total. The van der Waals surface area contributed by atoms with Crippen LogP contribution in [0.2, 0.25) is 0 Å². The Morgan fingerprint density at radius 2 is 0.957 bits per heavy atom. The second kappa shape index (κ2) is 14.4. The predicted molar refractivity (Wildman–Crippen MR) is 303 cm³/mol. The lowest BCUT2D eigenvalue weighted by Gasteiger charge is -2.49. The van der Waals surface area contributed by atoms with Gasteiger partial charge in [0.2, 0.25) is 0 Å². The molecule has 6 aliphatic rings. The normalized spacial score (nSPS) is 20.8. The van der Waals surface area contributed by atoms with Crippen molar-refractivity contribution in [2.24, 2.45) is 0 Å². The van der Waals surface area contributed by atoms with Crippen LogP contribution in [0.5, 0.6) is 0 Å². The minimum atomic E-state index is 0.0644. The maximum absolute atomic E-state index is 2.80. The third-order valence-corrected chi connectivity index (χ3v) is 19.6. The highest BCUT2D eigenvalue weighted by Gasteiger charge is 2.49. The molecule has 4 aliphatic carbocycles. The monoisotopic (exact) mass is 923 g/mol. The molecule has 3 heteroatoms. The summed E-state index contributed by atoms with van der Waals surface area (Å²) in [6.45, 7) is 41.8. The van der Waals surface area contributed by atoms with E-state index in [4.69, 9.17) is 0 Å². The van der Waals surface area contributed by atoms with Crippen molar-refractivity contribution in [3.8, 4) is 11.1 Å². The molecular formula is C67H79BN2. The Balaban J connectivity index is 1.20. The number of hydrogen-bond acceptors (Lipinski definition) is 2. The molecule has 2 heterocycles. The van der Waals surface area contributed by atoms with Crippen LogP contribution in [0.25, 0.3) is 11.1 Å². The number of anilines is 6. The summed E-state index contributed by atoms with van der Waals surface area (Å²) in [5.41, 5.74) is 32.0. The quantitative estimate of drug-likeness (QED) is 0.159. The predicted octanol–water partition coefficient (Wildman–Crippen LogP) is 16.3. The van der Waals surface area contributed by atoms with Crippen LogP contribution in [0.4, 0.5) is 34.1 Å². The number of rotatable bonds is 2. The van der Waals surface area contributed by atoms with E-state index < -0.39 is 0 Å². The second-order valence-electron chi connectivity index (χ2n) is 28.3. The number of benzene rings is 6. The molecule has 360 valence electrons. The molecule has 2 aliphatic heterocycles. The van der Waals surface area contributed by atoms with Gasteiger partial charge in [0.25, 0.3) is 6.71 Å². The van der Waals surface area contributed by atoms with Gasteiger partial charge in [-0.1, -0.05) is 152 Å². The zero-order valence-electron chi connectivity index (χ0n) is 46.0. The fraction of sp³-hybridized carbons (Fsp3) is 0.463. The molecular weight excluding hydrogens is 844 g/mol. The highest BCUT2D eigenvalue weighted by Crippen LogP contribution is 2.56. The van der Waals surface area contributed by atoms with Crippen LogP contribution in [0.3, 0.4) is 0 Å². The van der Waals surface area contributed by atoms with Crippen LogP contribution >= 0.6 is 0 Å². The summed E-state index contributed by atoms with van der Waals surface area (Å²) in [4.78, 5) is 5.53. The fourth-order valence-electron chi connectivity index (χ4n) is 14.6. The largest absolute Gasteiger partial charge is 0.311 e. The van der Waals surface area contributed by atoms with Gasteiger partial charge in [-0.2, -0.15) is 0 Å². The summed E-state index contributed by atoms with van der Waals surface area (Å²) in [7, 11) is 0. The summed E-state index contributed by atoms with van der Waals surface area (Å²) >= 11 is 0. The van der Waals surface area contributed by atoms with E-state index in [2.05, 4.69) is 212 Å². The van der Waals surface area contributed by atoms with Crippen molar-refractivity contribution in [1.29, 1.82) is 0 Å². The van der Waals surface area contributed by atoms with Gasteiger partial charge < -0.3 is 9.80 Å². The van der Waals surface area contributed by atoms with E-state index in [0.29, 0.717) is 0 Å². The van der Waals surface area contributed by atoms with E-state index in [1.54, 1.807) is 0 Å². The molecule has 0 unspecified atom stereocenters. The lowest BCUT2D eigenvalue weighted by molar-refractivity contribution is 0.332. The fourth-order valence-corrected chi connectivity index (χ4v) is 14.6. The van der Waals surface area contributed by atoms with Crippen molar-refractivity contribution in [3.63, 3.8) is 0 Å². The molecule has 12 rings (SSSR count). The van der Waals surface area contributed by atoms with Crippen LogP contribution in [-0.4, -0.2) is 6.71 Å². The molecule has 0 N–H and O–H groups in total. The molecule has 0 saturated heterocycles. The molecule has 0 saturated carbocycles. The van der Waals surface area contributed by atoms with Gasteiger partial charge in [-0.05, 0) is 215 Å². The van der Waals surface area contributed by atoms with Crippen molar-refractivity contribution < 1.29 is 0 Å². The first-order chi connectivity index (χ1) is 32.6. The first-order valence-corrected chi connectivity index (χ1v) is 27.1. The summed E-state index contributed by atoms with van der Waals surface area (Å²) in [6, 6.07) is 35.9. The average Bonchev–Trinajstić information content (AvgIpc) is 3.66. The Hall–Kier alpha value is -5.02. The lowest BCUT2D eigenvalue weighted by Crippen LogP contribution is -2.62. The molecule has 70 heavy (non-hydrogen) atoms. The van der Waals surface area contributed by atoms with E-state index in [9.17, 15) is 0 Å². The average molecular weight is 923 g/mol. The van der Waals surface area contributed by atoms with Gasteiger partial charge in [0, 0.05) is 40.5 Å². The van der Waals surface area contributed by atoms with Crippen molar-refractivity contribution in [3.05, 3.63) is 146 Å². The van der Waals surface area contributed by atoms with E-state index >= 15 is 0 Å². The Morgan fingerprint density at radius 3 is 1.54 bits per heavy atom. The molecule has 0 atom stereocenters. The summed E-state index contributed by atoms with van der Waals surface area (Å²) in [5, 5.41) is 0.